The van der Waals surface area contributed by atoms with Crippen LogP contribution < -0.4 is 5.32 Å². The lowest BCUT2D eigenvalue weighted by Crippen LogP contribution is -2.14. The van der Waals surface area contributed by atoms with Crippen LogP contribution >= 0.6 is 11.3 Å². The highest BCUT2D eigenvalue weighted by atomic mass is 32.1. The number of aromatic nitrogens is 1. The van der Waals surface area contributed by atoms with Gasteiger partial charge in [-0.25, -0.2) is 4.79 Å². The Bertz CT molecular complexity index is 697. The predicted octanol–water partition coefficient (Wildman–Crippen LogP) is 2.00. The van der Waals surface area contributed by atoms with E-state index in [1.54, 1.807) is 0 Å². The molecular weight excluding hydrogens is 286 g/mol. The minimum absolute atomic E-state index is 0.0267. The molecule has 2 heterocycles. The number of nitro groups is 1. The number of nitrogens with zero attached hydrogens (tertiary/aromatic N) is 2. The molecule has 2 N–H and O–H groups in total. The number of rotatable bonds is 4. The molecule has 2 rings (SSSR count). The third kappa shape index (κ3) is 2.78. The lowest BCUT2D eigenvalue weighted by molar-refractivity contribution is -0.380. The first-order valence-electron chi connectivity index (χ1n) is 5.20. The summed E-state index contributed by atoms with van der Waals surface area (Å²) in [6.07, 6.45) is 2.48. The number of hydrogen-bond donors (Lipinski definition) is 2. The molecule has 0 atom stereocenters. The minimum Gasteiger partial charge on any atom is -0.478 e. The Labute approximate surface area is 115 Å². The van der Waals surface area contributed by atoms with Crippen molar-refractivity contribution in [3.8, 4) is 0 Å². The smallest absolute Gasteiger partial charge is 0.337 e. The van der Waals surface area contributed by atoms with E-state index in [9.17, 15) is 19.7 Å². The van der Waals surface area contributed by atoms with Crippen LogP contribution in [0.15, 0.2) is 29.9 Å². The van der Waals surface area contributed by atoms with Gasteiger partial charge in [0.25, 0.3) is 5.91 Å². The van der Waals surface area contributed by atoms with Crippen molar-refractivity contribution in [2.45, 2.75) is 0 Å². The molecule has 0 unspecified atom stereocenters. The van der Waals surface area contributed by atoms with E-state index in [1.165, 1.54) is 23.8 Å². The van der Waals surface area contributed by atoms with Crippen LogP contribution in [0.25, 0.3) is 0 Å². The molecule has 0 saturated carbocycles. The molecule has 102 valence electrons. The molecule has 9 heteroatoms. The zero-order valence-electron chi connectivity index (χ0n) is 9.77. The third-order valence-electron chi connectivity index (χ3n) is 2.33. The number of carboxylic acid groups (broad SMARTS) is 1. The van der Waals surface area contributed by atoms with Gasteiger partial charge in [-0.3, -0.25) is 19.9 Å². The molecule has 0 fully saturated rings. The van der Waals surface area contributed by atoms with Crippen molar-refractivity contribution in [2.75, 3.05) is 5.32 Å². The number of aromatic carboxylic acids is 1. The van der Waals surface area contributed by atoms with Crippen molar-refractivity contribution in [3.63, 3.8) is 0 Å². The van der Waals surface area contributed by atoms with Crippen LogP contribution in [0.1, 0.15) is 20.7 Å². The normalized spacial score (nSPS) is 10.0. The fourth-order valence-electron chi connectivity index (χ4n) is 1.41. The van der Waals surface area contributed by atoms with Crippen molar-refractivity contribution >= 4 is 33.9 Å². The zero-order chi connectivity index (χ0) is 14.7. The highest BCUT2D eigenvalue weighted by Gasteiger charge is 2.17. The van der Waals surface area contributed by atoms with Gasteiger partial charge in [-0.1, -0.05) is 11.3 Å². The molecule has 2 aromatic rings. The fourth-order valence-corrected chi connectivity index (χ4v) is 2.12. The molecule has 8 nitrogen and oxygen atoms in total. The molecule has 0 saturated heterocycles. The van der Waals surface area contributed by atoms with E-state index in [-0.39, 0.29) is 21.8 Å². The Balaban J connectivity index is 2.23. The van der Waals surface area contributed by atoms with E-state index >= 15 is 0 Å². The lowest BCUT2D eigenvalue weighted by atomic mass is 10.2. The van der Waals surface area contributed by atoms with Gasteiger partial charge in [0.05, 0.1) is 27.9 Å². The van der Waals surface area contributed by atoms with E-state index in [4.69, 9.17) is 5.11 Å². The number of pyridine rings is 1. The molecule has 1 amide bonds. The van der Waals surface area contributed by atoms with Crippen LogP contribution in [0.3, 0.4) is 0 Å². The maximum absolute atomic E-state index is 11.9. The summed E-state index contributed by atoms with van der Waals surface area (Å²) in [5.74, 6) is -1.84. The van der Waals surface area contributed by atoms with Crippen LogP contribution in [0, 0.1) is 10.1 Å². The average molecular weight is 293 g/mol. The van der Waals surface area contributed by atoms with Gasteiger partial charge in [-0.15, -0.1) is 0 Å². The topological polar surface area (TPSA) is 122 Å². The average Bonchev–Trinajstić information content (AvgIpc) is 2.89. The maximum atomic E-state index is 11.9. The molecule has 2 aromatic heterocycles. The van der Waals surface area contributed by atoms with Crippen molar-refractivity contribution in [1.82, 2.24) is 4.98 Å². The molecule has 0 aliphatic rings. The molecule has 0 aliphatic carbocycles. The number of hydrogen-bond acceptors (Lipinski definition) is 6. The second kappa shape index (κ2) is 5.45. The van der Waals surface area contributed by atoms with Gasteiger partial charge in [0.2, 0.25) is 0 Å². The van der Waals surface area contributed by atoms with Crippen LogP contribution in [-0.2, 0) is 0 Å². The molecule has 0 spiro atoms. The van der Waals surface area contributed by atoms with E-state index in [0.717, 1.165) is 17.4 Å². The standard InChI is InChI=1S/C11H7N3O5S/c15-10(6-3-9(14(18)19)20-5-6)13-8-4-12-2-1-7(8)11(16)17/h1-5H,(H,13,15)(H,16,17). The quantitative estimate of drug-likeness (QED) is 0.656. The number of carbonyl (C=O) groups excluding carboxylic acids is 1. The Morgan fingerprint density at radius 2 is 2.20 bits per heavy atom. The van der Waals surface area contributed by atoms with Crippen LogP contribution in [-0.4, -0.2) is 26.9 Å². The molecule has 0 radical (unpaired) electrons. The van der Waals surface area contributed by atoms with Gasteiger partial charge in [0.15, 0.2) is 0 Å². The van der Waals surface area contributed by atoms with Gasteiger partial charge in [-0.2, -0.15) is 0 Å². The summed E-state index contributed by atoms with van der Waals surface area (Å²) in [6.45, 7) is 0. The van der Waals surface area contributed by atoms with E-state index in [0.29, 0.717) is 0 Å². The highest BCUT2D eigenvalue weighted by molar-refractivity contribution is 7.13. The van der Waals surface area contributed by atoms with Gasteiger partial charge >= 0.3 is 11.0 Å². The minimum atomic E-state index is -1.21. The maximum Gasteiger partial charge on any atom is 0.337 e. The lowest BCUT2D eigenvalue weighted by Gasteiger charge is -2.06. The monoisotopic (exact) mass is 293 g/mol. The number of nitrogens with one attached hydrogen (secondary N) is 1. The summed E-state index contributed by atoms with van der Waals surface area (Å²) in [7, 11) is 0. The first kappa shape index (κ1) is 13.6. The Hall–Kier alpha value is -2.81. The van der Waals surface area contributed by atoms with Crippen molar-refractivity contribution < 1.29 is 19.6 Å². The number of carboxylic acids is 1. The number of anilines is 1. The summed E-state index contributed by atoms with van der Waals surface area (Å²) < 4.78 is 0. The largest absolute Gasteiger partial charge is 0.478 e. The first-order valence-corrected chi connectivity index (χ1v) is 6.08. The third-order valence-corrected chi connectivity index (χ3v) is 3.21. The van der Waals surface area contributed by atoms with E-state index < -0.39 is 16.8 Å². The molecular formula is C11H7N3O5S. The summed E-state index contributed by atoms with van der Waals surface area (Å²) in [4.78, 5) is 36.5. The van der Waals surface area contributed by atoms with Gasteiger partial charge < -0.3 is 10.4 Å². The second-order valence-corrected chi connectivity index (χ2v) is 4.50. The summed E-state index contributed by atoms with van der Waals surface area (Å²) >= 11 is 0.815. The van der Waals surface area contributed by atoms with Gasteiger partial charge in [-0.05, 0) is 6.07 Å². The SMILES string of the molecule is O=C(Nc1cnccc1C(=O)O)c1csc([N+](=O)[O-])c1. The second-order valence-electron chi connectivity index (χ2n) is 3.61. The Kier molecular flexibility index (Phi) is 3.71. The van der Waals surface area contributed by atoms with E-state index in [2.05, 4.69) is 10.3 Å². The van der Waals surface area contributed by atoms with E-state index in [1.807, 2.05) is 0 Å². The number of carbonyl (C=O) groups is 2. The van der Waals surface area contributed by atoms with Crippen molar-refractivity contribution in [1.29, 1.82) is 0 Å². The Morgan fingerprint density at radius 1 is 1.45 bits per heavy atom. The number of amides is 1. The fraction of sp³-hybridized carbons (Fsp3) is 0. The van der Waals surface area contributed by atoms with Gasteiger partial charge in [0.1, 0.15) is 0 Å². The highest BCUT2D eigenvalue weighted by Crippen LogP contribution is 2.23. The molecule has 0 aliphatic heterocycles. The van der Waals surface area contributed by atoms with Crippen LogP contribution in [0.4, 0.5) is 10.7 Å². The summed E-state index contributed by atoms with van der Waals surface area (Å²) in [5, 5.41) is 23.0. The summed E-state index contributed by atoms with van der Waals surface area (Å²) in [6, 6.07) is 2.37. The predicted molar refractivity (Wildman–Crippen MR) is 70.1 cm³/mol. The molecule has 0 aromatic carbocycles. The number of thiophene rings is 1. The van der Waals surface area contributed by atoms with Crippen LogP contribution in [0.5, 0.6) is 0 Å². The Morgan fingerprint density at radius 3 is 2.80 bits per heavy atom. The van der Waals surface area contributed by atoms with Crippen molar-refractivity contribution in [2.24, 2.45) is 0 Å². The molecule has 0 bridgehead atoms. The van der Waals surface area contributed by atoms with Crippen molar-refractivity contribution in [3.05, 3.63) is 51.1 Å². The molecule has 20 heavy (non-hydrogen) atoms. The first-order chi connectivity index (χ1) is 9.49. The summed E-state index contributed by atoms with van der Waals surface area (Å²) in [5.41, 5.74) is -0.00109. The van der Waals surface area contributed by atoms with Crippen LogP contribution in [0.2, 0.25) is 0 Å². The zero-order valence-corrected chi connectivity index (χ0v) is 10.6. The van der Waals surface area contributed by atoms with Gasteiger partial charge in [0, 0.05) is 17.6 Å².